The van der Waals surface area contributed by atoms with E-state index in [1.165, 1.54) is 67.2 Å². The summed E-state index contributed by atoms with van der Waals surface area (Å²) in [6.45, 7) is 7.87. The molecule has 1 aliphatic carbocycles. The number of unbranched alkanes of at least 4 members (excludes halogenated alkanes) is 7. The van der Waals surface area contributed by atoms with Gasteiger partial charge in [0.05, 0.1) is 39.6 Å². The highest BCUT2D eigenvalue weighted by atomic mass is 16.6. The first-order chi connectivity index (χ1) is 20.3. The summed E-state index contributed by atoms with van der Waals surface area (Å²) in [5, 5.41) is 2.82. The molecule has 2 aromatic carbocycles. The van der Waals surface area contributed by atoms with E-state index in [0.29, 0.717) is 65.8 Å². The van der Waals surface area contributed by atoms with Gasteiger partial charge < -0.3 is 29.0 Å². The molecule has 0 unspecified atom stereocenters. The molecule has 0 heterocycles. The molecule has 0 saturated carbocycles. The molecular weight excluding hydrogens is 518 g/mol. The van der Waals surface area contributed by atoms with Crippen molar-refractivity contribution in [3.63, 3.8) is 0 Å². The number of hydrogen-bond donors (Lipinski definition) is 1. The molecule has 0 radical (unpaired) electrons. The molecule has 0 spiro atoms. The van der Waals surface area contributed by atoms with Crippen LogP contribution >= 0.6 is 0 Å². The van der Waals surface area contributed by atoms with Gasteiger partial charge in [-0.2, -0.15) is 0 Å². The van der Waals surface area contributed by atoms with E-state index in [4.69, 9.17) is 23.7 Å². The lowest BCUT2D eigenvalue weighted by molar-refractivity contribution is -0.00231. The summed E-state index contributed by atoms with van der Waals surface area (Å²) in [5.41, 5.74) is 4.86. The molecule has 0 atom stereocenters. The van der Waals surface area contributed by atoms with Crippen molar-refractivity contribution < 1.29 is 28.5 Å². The second-order valence-electron chi connectivity index (χ2n) is 10.5. The third-order valence-electron chi connectivity index (χ3n) is 7.34. The lowest BCUT2D eigenvalue weighted by Crippen LogP contribution is -2.27. The normalized spacial score (nSPS) is 12.3. The van der Waals surface area contributed by atoms with Gasteiger partial charge in [-0.3, -0.25) is 0 Å². The Morgan fingerprint density at radius 3 is 1.63 bits per heavy atom. The van der Waals surface area contributed by atoms with Crippen molar-refractivity contribution >= 4 is 6.09 Å². The van der Waals surface area contributed by atoms with Crippen molar-refractivity contribution in [2.75, 3.05) is 66.0 Å². The van der Waals surface area contributed by atoms with Crippen LogP contribution in [0.25, 0.3) is 11.1 Å². The van der Waals surface area contributed by atoms with E-state index >= 15 is 0 Å². The number of benzene rings is 2. The van der Waals surface area contributed by atoms with Gasteiger partial charge in [0.25, 0.3) is 0 Å². The third kappa shape index (κ3) is 12.9. The van der Waals surface area contributed by atoms with Gasteiger partial charge >= 0.3 is 6.09 Å². The summed E-state index contributed by atoms with van der Waals surface area (Å²) < 4.78 is 27.8. The monoisotopic (exact) mass is 569 g/mol. The summed E-state index contributed by atoms with van der Waals surface area (Å²) in [5.74, 6) is 0.0692. The van der Waals surface area contributed by atoms with Crippen molar-refractivity contribution in [1.29, 1.82) is 0 Å². The maximum absolute atomic E-state index is 12.2. The standard InChI is InChI=1S/C34H51NO6/c1-2-3-4-5-6-7-8-13-20-37-22-24-39-26-27-40-25-23-38-21-14-19-35-34(36)41-28-33-31-17-11-9-15-29(31)30-16-10-12-18-32(30)33/h9-12,15-18,33H,2-8,13-14,19-28H2,1H3,(H,35,36). The Morgan fingerprint density at radius 1 is 0.610 bits per heavy atom. The topological polar surface area (TPSA) is 75.3 Å². The number of carbonyl (C=O) groups is 1. The van der Waals surface area contributed by atoms with E-state index in [9.17, 15) is 4.79 Å². The maximum atomic E-state index is 12.2. The van der Waals surface area contributed by atoms with E-state index in [2.05, 4.69) is 36.5 Å². The van der Waals surface area contributed by atoms with Gasteiger partial charge in [-0.05, 0) is 35.1 Å². The molecule has 0 aromatic heterocycles. The van der Waals surface area contributed by atoms with Gasteiger partial charge in [0, 0.05) is 25.7 Å². The average Bonchev–Trinajstić information content (AvgIpc) is 3.32. The number of nitrogens with one attached hydrogen (secondary N) is 1. The van der Waals surface area contributed by atoms with E-state index in [0.717, 1.165) is 13.0 Å². The first kappa shape index (κ1) is 33.1. The summed E-state index contributed by atoms with van der Waals surface area (Å²) in [7, 11) is 0. The Labute approximate surface area is 247 Å². The van der Waals surface area contributed by atoms with Gasteiger partial charge in [-0.1, -0.05) is 100 Å². The number of ether oxygens (including phenoxy) is 5. The van der Waals surface area contributed by atoms with Crippen molar-refractivity contribution in [2.24, 2.45) is 0 Å². The van der Waals surface area contributed by atoms with Crippen LogP contribution in [0.4, 0.5) is 4.79 Å². The Morgan fingerprint density at radius 2 is 1.07 bits per heavy atom. The van der Waals surface area contributed by atoms with Crippen molar-refractivity contribution in [3.05, 3.63) is 59.7 Å². The van der Waals surface area contributed by atoms with Gasteiger partial charge in [0.15, 0.2) is 0 Å². The number of hydrogen-bond acceptors (Lipinski definition) is 6. The van der Waals surface area contributed by atoms with Crippen LogP contribution in [-0.2, 0) is 23.7 Å². The Kier molecular flexibility index (Phi) is 17.2. The van der Waals surface area contributed by atoms with Crippen LogP contribution in [0.5, 0.6) is 0 Å². The molecule has 0 fully saturated rings. The summed E-state index contributed by atoms with van der Waals surface area (Å²) in [6, 6.07) is 16.6. The van der Waals surface area contributed by atoms with Crippen molar-refractivity contribution in [1.82, 2.24) is 5.32 Å². The van der Waals surface area contributed by atoms with E-state index in [1.54, 1.807) is 0 Å². The Balaban J connectivity index is 1.06. The number of rotatable bonds is 24. The molecule has 7 heteroatoms. The molecule has 0 saturated heterocycles. The molecule has 228 valence electrons. The second kappa shape index (κ2) is 21.3. The first-order valence-electron chi connectivity index (χ1n) is 15.7. The minimum atomic E-state index is -0.395. The zero-order chi connectivity index (χ0) is 28.8. The fourth-order valence-corrected chi connectivity index (χ4v) is 5.11. The Bertz CT molecular complexity index is 922. The highest BCUT2D eigenvalue weighted by Gasteiger charge is 2.28. The van der Waals surface area contributed by atoms with Gasteiger partial charge in [0.2, 0.25) is 0 Å². The molecular formula is C34H51NO6. The quantitative estimate of drug-likeness (QED) is 0.136. The largest absolute Gasteiger partial charge is 0.449 e. The van der Waals surface area contributed by atoms with Crippen LogP contribution in [0.2, 0.25) is 0 Å². The molecule has 0 bridgehead atoms. The summed E-state index contributed by atoms with van der Waals surface area (Å²) in [6.07, 6.45) is 10.8. The predicted octanol–water partition coefficient (Wildman–Crippen LogP) is 7.12. The number of fused-ring (bicyclic) bond motifs is 3. The first-order valence-corrected chi connectivity index (χ1v) is 15.7. The minimum Gasteiger partial charge on any atom is -0.449 e. The minimum absolute atomic E-state index is 0.0692. The number of carbonyl (C=O) groups excluding carboxylic acids is 1. The third-order valence-corrected chi connectivity index (χ3v) is 7.34. The van der Waals surface area contributed by atoms with Crippen molar-refractivity contribution in [2.45, 2.75) is 70.6 Å². The zero-order valence-electron chi connectivity index (χ0n) is 25.1. The molecule has 7 nitrogen and oxygen atoms in total. The Hall–Kier alpha value is -2.45. The fourth-order valence-electron chi connectivity index (χ4n) is 5.11. The summed E-state index contributed by atoms with van der Waals surface area (Å²) >= 11 is 0. The smallest absolute Gasteiger partial charge is 0.407 e. The highest BCUT2D eigenvalue weighted by Crippen LogP contribution is 2.44. The molecule has 2 aromatic rings. The van der Waals surface area contributed by atoms with E-state index < -0.39 is 6.09 Å². The van der Waals surface area contributed by atoms with E-state index in [-0.39, 0.29) is 5.92 Å². The van der Waals surface area contributed by atoms with Gasteiger partial charge in [-0.15, -0.1) is 0 Å². The highest BCUT2D eigenvalue weighted by molar-refractivity contribution is 5.79. The second-order valence-corrected chi connectivity index (χ2v) is 10.5. The van der Waals surface area contributed by atoms with Crippen LogP contribution in [0.1, 0.15) is 81.8 Å². The van der Waals surface area contributed by atoms with Gasteiger partial charge in [-0.25, -0.2) is 4.79 Å². The molecule has 1 amide bonds. The molecule has 1 aliphatic rings. The average molecular weight is 570 g/mol. The number of alkyl carbamates (subject to hydrolysis) is 1. The molecule has 41 heavy (non-hydrogen) atoms. The molecule has 1 N–H and O–H groups in total. The summed E-state index contributed by atoms with van der Waals surface area (Å²) in [4.78, 5) is 12.2. The molecule has 3 rings (SSSR count). The van der Waals surface area contributed by atoms with Crippen LogP contribution in [-0.4, -0.2) is 72.1 Å². The lowest BCUT2D eigenvalue weighted by atomic mass is 9.98. The SMILES string of the molecule is CCCCCCCCCCOCCOCCOCCOCCCNC(=O)OCC1c2ccccc2-c2ccccc21. The molecule has 0 aliphatic heterocycles. The number of amides is 1. The zero-order valence-corrected chi connectivity index (χ0v) is 25.1. The van der Waals surface area contributed by atoms with Crippen LogP contribution in [0, 0.1) is 0 Å². The predicted molar refractivity (Wildman–Crippen MR) is 164 cm³/mol. The van der Waals surface area contributed by atoms with Crippen LogP contribution in [0.15, 0.2) is 48.5 Å². The van der Waals surface area contributed by atoms with Crippen molar-refractivity contribution in [3.8, 4) is 11.1 Å². The maximum Gasteiger partial charge on any atom is 0.407 e. The lowest BCUT2D eigenvalue weighted by Gasteiger charge is -2.14. The van der Waals surface area contributed by atoms with Crippen LogP contribution < -0.4 is 5.32 Å². The van der Waals surface area contributed by atoms with Crippen LogP contribution in [0.3, 0.4) is 0 Å². The fraction of sp³-hybridized carbons (Fsp3) is 0.618. The van der Waals surface area contributed by atoms with Gasteiger partial charge in [0.1, 0.15) is 6.61 Å². The van der Waals surface area contributed by atoms with E-state index in [1.807, 2.05) is 24.3 Å².